The molecule has 6 atom stereocenters. The topological polar surface area (TPSA) is 237 Å². The number of carbonyl (C=O) groups excluding carboxylic acids is 4. The highest BCUT2D eigenvalue weighted by atomic mass is 31.2. The molecule has 0 bridgehead atoms. The predicted molar refractivity (Wildman–Crippen MR) is 386 cm³/mol. The van der Waals surface area contributed by atoms with Crippen LogP contribution in [0.2, 0.25) is 0 Å². The van der Waals surface area contributed by atoms with Gasteiger partial charge in [-0.2, -0.15) is 0 Å². The van der Waals surface area contributed by atoms with Crippen molar-refractivity contribution in [1.82, 2.24) is 0 Å². The summed E-state index contributed by atoms with van der Waals surface area (Å²) >= 11 is 0. The maximum absolute atomic E-state index is 13.1. The van der Waals surface area contributed by atoms with Crippen LogP contribution in [0.25, 0.3) is 0 Å². The number of hydrogen-bond donors (Lipinski definition) is 3. The van der Waals surface area contributed by atoms with Gasteiger partial charge in [0.1, 0.15) is 19.3 Å². The second kappa shape index (κ2) is 65.4. The molecule has 0 aliphatic carbocycles. The zero-order valence-corrected chi connectivity index (χ0v) is 64.1. The number of esters is 4. The molecular weight excluding hydrogens is 1250 g/mol. The minimum atomic E-state index is -4.96. The first-order chi connectivity index (χ1) is 45.6. The highest BCUT2D eigenvalue weighted by Crippen LogP contribution is 2.45. The van der Waals surface area contributed by atoms with Crippen molar-refractivity contribution in [2.24, 2.45) is 23.7 Å². The Morgan fingerprint density at radius 1 is 0.295 bits per heavy atom. The largest absolute Gasteiger partial charge is 0.472 e. The molecule has 0 rings (SSSR count). The van der Waals surface area contributed by atoms with E-state index in [4.69, 9.17) is 37.0 Å². The van der Waals surface area contributed by atoms with Crippen molar-refractivity contribution in [2.75, 3.05) is 39.6 Å². The molecule has 0 aromatic carbocycles. The second-order valence-electron chi connectivity index (χ2n) is 29.1. The van der Waals surface area contributed by atoms with Crippen LogP contribution in [-0.4, -0.2) is 96.7 Å². The van der Waals surface area contributed by atoms with Crippen LogP contribution in [0.15, 0.2) is 0 Å². The maximum Gasteiger partial charge on any atom is 0.472 e. The van der Waals surface area contributed by atoms with Gasteiger partial charge in [-0.05, 0) is 49.4 Å². The first-order valence-electron chi connectivity index (χ1n) is 39.2. The molecule has 0 aliphatic rings. The van der Waals surface area contributed by atoms with Gasteiger partial charge in [0, 0.05) is 25.7 Å². The van der Waals surface area contributed by atoms with Gasteiger partial charge in [0.05, 0.1) is 26.4 Å². The Labute approximate surface area is 581 Å². The summed E-state index contributed by atoms with van der Waals surface area (Å²) in [4.78, 5) is 72.7. The SMILES string of the molecule is CCC(C)CCCCCCCCC(=O)OC[C@H](COP(=O)(O)OC[C@H](O)COP(=O)(O)OC[C@@H](COC(=O)CCCCCCCCCCCCCCC(C)C)OC(=O)CCCCCCCCC(C)C)OC(=O)CCCCCCCCCCCCCCCCCCCCC(C)C. The van der Waals surface area contributed by atoms with Gasteiger partial charge in [0.2, 0.25) is 0 Å². The van der Waals surface area contributed by atoms with Gasteiger partial charge < -0.3 is 33.8 Å². The Bertz CT molecular complexity index is 1870. The third-order valence-electron chi connectivity index (χ3n) is 17.9. The van der Waals surface area contributed by atoms with Crippen LogP contribution in [0.4, 0.5) is 0 Å². The summed E-state index contributed by atoms with van der Waals surface area (Å²) in [5, 5.41) is 10.6. The fourth-order valence-electron chi connectivity index (χ4n) is 11.5. The minimum Gasteiger partial charge on any atom is -0.462 e. The van der Waals surface area contributed by atoms with E-state index in [1.165, 1.54) is 180 Å². The molecule has 95 heavy (non-hydrogen) atoms. The molecule has 17 nitrogen and oxygen atoms in total. The number of phosphoric ester groups is 2. The number of aliphatic hydroxyl groups excluding tert-OH is 1. The van der Waals surface area contributed by atoms with E-state index in [-0.39, 0.29) is 25.7 Å². The quantitative estimate of drug-likeness (QED) is 0.0222. The second-order valence-corrected chi connectivity index (χ2v) is 32.0. The summed E-state index contributed by atoms with van der Waals surface area (Å²) in [5.41, 5.74) is 0. The number of carbonyl (C=O) groups is 4. The zero-order valence-electron chi connectivity index (χ0n) is 62.3. The van der Waals surface area contributed by atoms with Gasteiger partial charge in [-0.3, -0.25) is 37.3 Å². The van der Waals surface area contributed by atoms with Gasteiger partial charge >= 0.3 is 39.5 Å². The highest BCUT2D eigenvalue weighted by Gasteiger charge is 2.30. The van der Waals surface area contributed by atoms with Crippen molar-refractivity contribution < 1.29 is 80.2 Å². The molecule has 0 saturated carbocycles. The number of phosphoric acid groups is 2. The molecule has 564 valence electrons. The molecule has 0 spiro atoms. The molecule has 0 heterocycles. The van der Waals surface area contributed by atoms with E-state index >= 15 is 0 Å². The van der Waals surface area contributed by atoms with Crippen molar-refractivity contribution in [2.45, 2.75) is 401 Å². The monoisotopic (exact) mass is 1400 g/mol. The number of aliphatic hydroxyl groups is 1. The third kappa shape index (κ3) is 69.0. The lowest BCUT2D eigenvalue weighted by atomic mass is 10.00. The maximum atomic E-state index is 13.1. The molecule has 3 unspecified atom stereocenters. The van der Waals surface area contributed by atoms with Crippen LogP contribution < -0.4 is 0 Å². The number of unbranched alkanes of at least 4 members (excludes halogenated alkanes) is 38. The van der Waals surface area contributed by atoms with Crippen molar-refractivity contribution in [3.05, 3.63) is 0 Å². The average molecular weight is 1400 g/mol. The van der Waals surface area contributed by atoms with E-state index in [2.05, 4.69) is 55.4 Å². The molecule has 0 aromatic rings. The lowest BCUT2D eigenvalue weighted by molar-refractivity contribution is -0.161. The van der Waals surface area contributed by atoms with Crippen molar-refractivity contribution in [3.8, 4) is 0 Å². The normalized spacial score (nSPS) is 14.4. The van der Waals surface area contributed by atoms with Crippen LogP contribution in [0.3, 0.4) is 0 Å². The van der Waals surface area contributed by atoms with Crippen LogP contribution in [-0.2, 0) is 65.4 Å². The van der Waals surface area contributed by atoms with E-state index in [1.807, 2.05) is 0 Å². The Morgan fingerprint density at radius 2 is 0.505 bits per heavy atom. The summed E-state index contributed by atoms with van der Waals surface area (Å²) in [6, 6.07) is 0. The molecule has 0 radical (unpaired) electrons. The van der Waals surface area contributed by atoms with E-state index in [0.29, 0.717) is 31.6 Å². The molecule has 19 heteroatoms. The smallest absolute Gasteiger partial charge is 0.462 e. The van der Waals surface area contributed by atoms with Crippen molar-refractivity contribution >= 4 is 39.5 Å². The Balaban J connectivity index is 5.15. The van der Waals surface area contributed by atoms with E-state index in [0.717, 1.165) is 114 Å². The lowest BCUT2D eigenvalue weighted by Gasteiger charge is -2.21. The van der Waals surface area contributed by atoms with E-state index < -0.39 is 97.5 Å². The molecule has 0 saturated heterocycles. The van der Waals surface area contributed by atoms with Gasteiger partial charge in [0.25, 0.3) is 0 Å². The van der Waals surface area contributed by atoms with Gasteiger partial charge in [0.15, 0.2) is 12.2 Å². The van der Waals surface area contributed by atoms with Crippen LogP contribution in [0, 0.1) is 23.7 Å². The number of ether oxygens (including phenoxy) is 4. The standard InChI is InChI=1S/C76H148O17P2/c1-9-69(8)55-47-39-33-35-41-49-57-74(79)87-63-71(92-75(80)58-50-42-31-27-23-17-15-13-11-10-12-14-16-20-24-28-36-44-52-66(2)3)64-90-94(82,83)88-60-70(77)61-89-95(84,85)91-65-72(93-76(81)59-51-43-34-32-38-46-54-68(6)7)62-86-73(78)56-48-40-30-26-22-19-18-21-25-29-37-45-53-67(4)5/h66-72,77H,9-65H2,1-8H3,(H,82,83)(H,84,85)/t69?,70-,71+,72+/m0/s1. The predicted octanol–water partition coefficient (Wildman–Crippen LogP) is 22.0. The summed E-state index contributed by atoms with van der Waals surface area (Å²) in [6.45, 7) is 14.1. The van der Waals surface area contributed by atoms with Crippen LogP contribution in [0.5, 0.6) is 0 Å². The highest BCUT2D eigenvalue weighted by molar-refractivity contribution is 7.47. The summed E-state index contributed by atoms with van der Waals surface area (Å²) in [5.74, 6) is 0.875. The number of rotatable bonds is 73. The van der Waals surface area contributed by atoms with Crippen LogP contribution >= 0.6 is 15.6 Å². The number of hydrogen-bond acceptors (Lipinski definition) is 15. The first kappa shape index (κ1) is 93.1. The van der Waals surface area contributed by atoms with Gasteiger partial charge in [-0.15, -0.1) is 0 Å². The van der Waals surface area contributed by atoms with Gasteiger partial charge in [-0.1, -0.05) is 331 Å². The Morgan fingerprint density at radius 3 is 0.747 bits per heavy atom. The summed E-state index contributed by atoms with van der Waals surface area (Å²) in [7, 11) is -9.91. The fraction of sp³-hybridized carbons (Fsp3) is 0.947. The molecule has 0 aromatic heterocycles. The van der Waals surface area contributed by atoms with Crippen molar-refractivity contribution in [1.29, 1.82) is 0 Å². The van der Waals surface area contributed by atoms with Gasteiger partial charge in [-0.25, -0.2) is 9.13 Å². The van der Waals surface area contributed by atoms with E-state index in [1.54, 1.807) is 0 Å². The average Bonchev–Trinajstić information content (AvgIpc) is 2.42. The third-order valence-corrected chi connectivity index (χ3v) is 19.8. The minimum absolute atomic E-state index is 0.102. The lowest BCUT2D eigenvalue weighted by Crippen LogP contribution is -2.30. The van der Waals surface area contributed by atoms with Crippen LogP contribution in [0.1, 0.15) is 383 Å². The summed E-state index contributed by atoms with van der Waals surface area (Å²) in [6.07, 6.45) is 50.3. The molecule has 0 amide bonds. The molecule has 3 N–H and O–H groups in total. The zero-order chi connectivity index (χ0) is 70.3. The Hall–Kier alpha value is -1.94. The first-order valence-corrected chi connectivity index (χ1v) is 42.2. The molecule has 0 fully saturated rings. The van der Waals surface area contributed by atoms with E-state index in [9.17, 15) is 43.2 Å². The fourth-order valence-corrected chi connectivity index (χ4v) is 13.1. The Kier molecular flexibility index (Phi) is 64.0. The molecular formula is C76H148O17P2. The summed E-state index contributed by atoms with van der Waals surface area (Å²) < 4.78 is 68.4. The van der Waals surface area contributed by atoms with Crippen molar-refractivity contribution in [3.63, 3.8) is 0 Å². The molecule has 0 aliphatic heterocycles.